The molecule has 1 aromatic carbocycles. The first kappa shape index (κ1) is 11.6. The Kier molecular flexibility index (Phi) is 2.86. The van der Waals surface area contributed by atoms with E-state index in [1.54, 1.807) is 23.5 Å². The summed E-state index contributed by atoms with van der Waals surface area (Å²) in [6.45, 7) is 0. The Labute approximate surface area is 112 Å². The van der Waals surface area contributed by atoms with E-state index < -0.39 is 5.82 Å². The van der Waals surface area contributed by atoms with Crippen molar-refractivity contribution in [3.8, 4) is 6.07 Å². The van der Waals surface area contributed by atoms with Crippen molar-refractivity contribution in [1.82, 2.24) is 10.2 Å². The van der Waals surface area contributed by atoms with E-state index in [4.69, 9.17) is 5.26 Å². The van der Waals surface area contributed by atoms with Gasteiger partial charge in [-0.15, -0.1) is 11.3 Å². The lowest BCUT2D eigenvalue weighted by Crippen LogP contribution is -1.85. The van der Waals surface area contributed by atoms with Crippen molar-refractivity contribution in [2.75, 3.05) is 0 Å². The molecule has 0 spiro atoms. The molecule has 3 nitrogen and oxygen atoms in total. The van der Waals surface area contributed by atoms with Gasteiger partial charge in [0.2, 0.25) is 0 Å². The minimum atomic E-state index is -0.528. The van der Waals surface area contributed by atoms with E-state index in [0.717, 1.165) is 4.88 Å². The standard InChI is InChI=1S/C14H8FN3S/c15-14-9(8-16)3-5-11-13(14)12(18-17-11)6-4-10-2-1-7-19-10/h1-7H,(H,17,18)/b6-4+. The van der Waals surface area contributed by atoms with Crippen LogP contribution >= 0.6 is 11.3 Å². The third-order valence-electron chi connectivity index (χ3n) is 2.76. The number of nitrogens with one attached hydrogen (secondary N) is 1. The van der Waals surface area contributed by atoms with Gasteiger partial charge in [0.15, 0.2) is 5.82 Å². The number of hydrogen-bond donors (Lipinski definition) is 1. The van der Waals surface area contributed by atoms with Gasteiger partial charge in [-0.1, -0.05) is 6.07 Å². The van der Waals surface area contributed by atoms with E-state index in [1.807, 2.05) is 29.7 Å². The zero-order chi connectivity index (χ0) is 13.2. The van der Waals surface area contributed by atoms with E-state index in [9.17, 15) is 4.39 Å². The quantitative estimate of drug-likeness (QED) is 0.769. The number of rotatable bonds is 2. The fourth-order valence-corrected chi connectivity index (χ4v) is 2.47. The Bertz CT molecular complexity index is 794. The molecule has 19 heavy (non-hydrogen) atoms. The highest BCUT2D eigenvalue weighted by Crippen LogP contribution is 2.24. The van der Waals surface area contributed by atoms with Crippen LogP contribution in [0.25, 0.3) is 23.1 Å². The Hall–Kier alpha value is -2.45. The zero-order valence-corrected chi connectivity index (χ0v) is 10.5. The average Bonchev–Trinajstić information content (AvgIpc) is 3.06. The first-order valence-electron chi connectivity index (χ1n) is 5.58. The third-order valence-corrected chi connectivity index (χ3v) is 3.60. The summed E-state index contributed by atoms with van der Waals surface area (Å²) in [5.41, 5.74) is 1.11. The second-order valence-corrected chi connectivity index (χ2v) is 4.90. The first-order valence-corrected chi connectivity index (χ1v) is 6.46. The summed E-state index contributed by atoms with van der Waals surface area (Å²) in [6, 6.07) is 8.82. The molecule has 3 rings (SSSR count). The lowest BCUT2D eigenvalue weighted by atomic mass is 10.1. The largest absolute Gasteiger partial charge is 0.277 e. The average molecular weight is 269 g/mol. The minimum absolute atomic E-state index is 0.0275. The number of aromatic amines is 1. The molecule has 0 saturated heterocycles. The van der Waals surface area contributed by atoms with Crippen molar-refractivity contribution in [2.45, 2.75) is 0 Å². The van der Waals surface area contributed by atoms with Crippen LogP contribution in [0.1, 0.15) is 16.1 Å². The van der Waals surface area contributed by atoms with Crippen LogP contribution in [0, 0.1) is 17.1 Å². The van der Waals surface area contributed by atoms with Crippen molar-refractivity contribution >= 4 is 34.4 Å². The number of hydrogen-bond acceptors (Lipinski definition) is 3. The van der Waals surface area contributed by atoms with Crippen LogP contribution in [0.3, 0.4) is 0 Å². The Balaban J connectivity index is 2.12. The van der Waals surface area contributed by atoms with E-state index in [2.05, 4.69) is 10.2 Å². The van der Waals surface area contributed by atoms with E-state index in [-0.39, 0.29) is 5.56 Å². The monoisotopic (exact) mass is 269 g/mol. The molecule has 0 atom stereocenters. The summed E-state index contributed by atoms with van der Waals surface area (Å²) in [4.78, 5) is 1.07. The molecule has 0 amide bonds. The maximum atomic E-state index is 14.1. The summed E-state index contributed by atoms with van der Waals surface area (Å²) in [6.07, 6.45) is 3.65. The van der Waals surface area contributed by atoms with Crippen molar-refractivity contribution in [3.05, 3.63) is 51.6 Å². The summed E-state index contributed by atoms with van der Waals surface area (Å²) < 4.78 is 14.1. The maximum absolute atomic E-state index is 14.1. The second-order valence-electron chi connectivity index (χ2n) is 3.92. The van der Waals surface area contributed by atoms with Crippen LogP contribution in [0.2, 0.25) is 0 Å². The van der Waals surface area contributed by atoms with Crippen LogP contribution < -0.4 is 0 Å². The van der Waals surface area contributed by atoms with E-state index in [1.165, 1.54) is 6.07 Å². The molecular formula is C14H8FN3S. The van der Waals surface area contributed by atoms with Gasteiger partial charge in [-0.05, 0) is 35.7 Å². The van der Waals surface area contributed by atoms with Gasteiger partial charge in [0.25, 0.3) is 0 Å². The molecule has 3 aromatic rings. The summed E-state index contributed by atoms with van der Waals surface area (Å²) >= 11 is 1.59. The zero-order valence-electron chi connectivity index (χ0n) is 9.72. The number of H-pyrrole nitrogens is 1. The molecule has 92 valence electrons. The fourth-order valence-electron chi connectivity index (χ4n) is 1.85. The van der Waals surface area contributed by atoms with Crippen LogP contribution in [-0.4, -0.2) is 10.2 Å². The van der Waals surface area contributed by atoms with Crippen molar-refractivity contribution in [1.29, 1.82) is 5.26 Å². The van der Waals surface area contributed by atoms with Gasteiger partial charge in [0.1, 0.15) is 6.07 Å². The van der Waals surface area contributed by atoms with Crippen LogP contribution in [-0.2, 0) is 0 Å². The lowest BCUT2D eigenvalue weighted by molar-refractivity contribution is 0.636. The van der Waals surface area contributed by atoms with E-state index >= 15 is 0 Å². The highest BCUT2D eigenvalue weighted by molar-refractivity contribution is 7.10. The second kappa shape index (κ2) is 4.67. The Morgan fingerprint density at radius 3 is 2.95 bits per heavy atom. The molecule has 0 fully saturated rings. The van der Waals surface area contributed by atoms with Gasteiger partial charge in [0.05, 0.1) is 22.2 Å². The molecule has 0 saturated carbocycles. The van der Waals surface area contributed by atoms with Gasteiger partial charge in [-0.25, -0.2) is 4.39 Å². The molecule has 0 aliphatic rings. The predicted molar refractivity (Wildman–Crippen MR) is 74.0 cm³/mol. The number of nitrogens with zero attached hydrogens (tertiary/aromatic N) is 2. The summed E-state index contributed by atoms with van der Waals surface area (Å²) in [5.74, 6) is -0.528. The van der Waals surface area contributed by atoms with Crippen LogP contribution in [0.15, 0.2) is 29.6 Å². The van der Waals surface area contributed by atoms with Gasteiger partial charge in [0, 0.05) is 4.88 Å². The van der Waals surface area contributed by atoms with Gasteiger partial charge >= 0.3 is 0 Å². The fraction of sp³-hybridized carbons (Fsp3) is 0. The minimum Gasteiger partial charge on any atom is -0.277 e. The van der Waals surface area contributed by atoms with Crippen molar-refractivity contribution < 1.29 is 4.39 Å². The summed E-state index contributed by atoms with van der Waals surface area (Å²) in [5, 5.41) is 18.0. The number of fused-ring (bicyclic) bond motifs is 1. The van der Waals surface area contributed by atoms with Gasteiger partial charge in [-0.2, -0.15) is 10.4 Å². The van der Waals surface area contributed by atoms with Crippen LogP contribution in [0.4, 0.5) is 4.39 Å². The number of thiophene rings is 1. The smallest absolute Gasteiger partial charge is 0.152 e. The SMILES string of the molecule is N#Cc1ccc2n[nH]c(/C=C/c3cccs3)c2c1F. The summed E-state index contributed by atoms with van der Waals surface area (Å²) in [7, 11) is 0. The number of halogens is 1. The van der Waals surface area contributed by atoms with Crippen molar-refractivity contribution in [3.63, 3.8) is 0 Å². The molecule has 2 heterocycles. The Morgan fingerprint density at radius 2 is 2.21 bits per heavy atom. The highest BCUT2D eigenvalue weighted by atomic mass is 32.1. The molecule has 0 aliphatic heterocycles. The third kappa shape index (κ3) is 2.02. The Morgan fingerprint density at radius 1 is 1.32 bits per heavy atom. The van der Waals surface area contributed by atoms with Crippen molar-refractivity contribution in [2.24, 2.45) is 0 Å². The van der Waals surface area contributed by atoms with E-state index in [0.29, 0.717) is 16.6 Å². The molecule has 2 aromatic heterocycles. The predicted octanol–water partition coefficient (Wildman–Crippen LogP) is 3.81. The highest BCUT2D eigenvalue weighted by Gasteiger charge is 2.12. The first-order chi connectivity index (χ1) is 9.29. The molecule has 5 heteroatoms. The maximum Gasteiger partial charge on any atom is 0.152 e. The lowest BCUT2D eigenvalue weighted by Gasteiger charge is -1.95. The van der Waals surface area contributed by atoms with Gasteiger partial charge < -0.3 is 0 Å². The molecular weight excluding hydrogens is 261 g/mol. The van der Waals surface area contributed by atoms with Gasteiger partial charge in [-0.3, -0.25) is 5.10 Å². The molecule has 1 N–H and O–H groups in total. The normalized spacial score (nSPS) is 11.2. The van der Waals surface area contributed by atoms with Crippen LogP contribution in [0.5, 0.6) is 0 Å². The number of aromatic nitrogens is 2. The topological polar surface area (TPSA) is 52.5 Å². The number of benzene rings is 1. The molecule has 0 bridgehead atoms. The molecule has 0 aliphatic carbocycles. The molecule has 0 radical (unpaired) electrons. The molecule has 0 unspecified atom stereocenters. The number of nitriles is 1.